The number of nitrogens with one attached hydrogen (secondary N) is 1. The number of rotatable bonds is 6. The van der Waals surface area contributed by atoms with Gasteiger partial charge in [0.15, 0.2) is 0 Å². The molecule has 0 amide bonds. The molecular formula is C19H32N2. The van der Waals surface area contributed by atoms with Gasteiger partial charge in [-0.2, -0.15) is 0 Å². The van der Waals surface area contributed by atoms with Crippen molar-refractivity contribution < 1.29 is 0 Å². The van der Waals surface area contributed by atoms with Gasteiger partial charge in [-0.3, -0.25) is 4.90 Å². The molecule has 1 aliphatic heterocycles. The molecule has 1 heterocycles. The zero-order valence-corrected chi connectivity index (χ0v) is 14.3. The van der Waals surface area contributed by atoms with Gasteiger partial charge in [0.05, 0.1) is 6.04 Å². The van der Waals surface area contributed by atoms with E-state index in [2.05, 4.69) is 62.3 Å². The molecule has 1 aliphatic rings. The molecule has 1 aromatic rings. The van der Waals surface area contributed by atoms with Crippen molar-refractivity contribution in [1.82, 2.24) is 10.2 Å². The normalized spacial score (nSPS) is 21.0. The van der Waals surface area contributed by atoms with Gasteiger partial charge in [-0.05, 0) is 63.9 Å². The van der Waals surface area contributed by atoms with Crippen LogP contribution in [0.2, 0.25) is 0 Å². The quantitative estimate of drug-likeness (QED) is 0.845. The molecule has 21 heavy (non-hydrogen) atoms. The molecule has 2 rings (SSSR count). The van der Waals surface area contributed by atoms with Gasteiger partial charge in [-0.25, -0.2) is 0 Å². The Morgan fingerprint density at radius 1 is 1.19 bits per heavy atom. The largest absolute Gasteiger partial charge is 0.311 e. The lowest BCUT2D eigenvalue weighted by atomic mass is 9.81. The lowest BCUT2D eigenvalue weighted by molar-refractivity contribution is 0.0448. The van der Waals surface area contributed by atoms with E-state index in [0.29, 0.717) is 6.04 Å². The lowest BCUT2D eigenvalue weighted by Crippen LogP contribution is -2.55. The van der Waals surface area contributed by atoms with Crippen molar-refractivity contribution in [2.75, 3.05) is 20.1 Å². The summed E-state index contributed by atoms with van der Waals surface area (Å²) in [6.07, 6.45) is 6.37. The minimum atomic E-state index is 0.196. The van der Waals surface area contributed by atoms with Crippen molar-refractivity contribution in [1.29, 1.82) is 0 Å². The Hall–Kier alpha value is -0.860. The molecule has 0 aliphatic carbocycles. The van der Waals surface area contributed by atoms with E-state index in [-0.39, 0.29) is 5.54 Å². The number of likely N-dealkylation sites (N-methyl/N-ethyl adjacent to an activating group) is 1. The molecule has 118 valence electrons. The zero-order chi connectivity index (χ0) is 15.3. The van der Waals surface area contributed by atoms with Gasteiger partial charge in [0, 0.05) is 5.54 Å². The summed E-state index contributed by atoms with van der Waals surface area (Å²) in [6, 6.07) is 9.52. The third-order valence-corrected chi connectivity index (χ3v) is 5.40. The number of hydrogen-bond donors (Lipinski definition) is 1. The summed E-state index contributed by atoms with van der Waals surface area (Å²) >= 11 is 0. The van der Waals surface area contributed by atoms with E-state index in [4.69, 9.17) is 0 Å². The van der Waals surface area contributed by atoms with E-state index in [1.54, 1.807) is 0 Å². The SMILES string of the molecule is CCc1cccc(C(NC)C(C)(CC)N2CCCCC2)c1. The number of hydrogen-bond acceptors (Lipinski definition) is 2. The molecule has 2 unspecified atom stereocenters. The Morgan fingerprint density at radius 3 is 2.48 bits per heavy atom. The van der Waals surface area contributed by atoms with E-state index < -0.39 is 0 Å². The van der Waals surface area contributed by atoms with Gasteiger partial charge in [-0.1, -0.05) is 44.5 Å². The van der Waals surface area contributed by atoms with Crippen LogP contribution in [0.15, 0.2) is 24.3 Å². The van der Waals surface area contributed by atoms with Gasteiger partial charge in [0.1, 0.15) is 0 Å². The second-order valence-corrected chi connectivity index (χ2v) is 6.58. The smallest absolute Gasteiger partial charge is 0.0502 e. The predicted octanol–water partition coefficient (Wildman–Crippen LogP) is 4.16. The molecule has 0 saturated carbocycles. The maximum atomic E-state index is 3.62. The van der Waals surface area contributed by atoms with Crippen molar-refractivity contribution in [3.8, 4) is 0 Å². The Kier molecular flexibility index (Phi) is 5.83. The number of piperidine rings is 1. The molecule has 2 atom stereocenters. The van der Waals surface area contributed by atoms with E-state index in [0.717, 1.165) is 6.42 Å². The molecule has 0 aromatic heterocycles. The van der Waals surface area contributed by atoms with Gasteiger partial charge < -0.3 is 5.32 Å². The van der Waals surface area contributed by atoms with Crippen LogP contribution in [-0.4, -0.2) is 30.6 Å². The molecule has 2 heteroatoms. The van der Waals surface area contributed by atoms with Gasteiger partial charge in [0.2, 0.25) is 0 Å². The third-order valence-electron chi connectivity index (χ3n) is 5.40. The highest BCUT2D eigenvalue weighted by atomic mass is 15.2. The average molecular weight is 288 g/mol. The summed E-state index contributed by atoms with van der Waals surface area (Å²) in [7, 11) is 2.11. The zero-order valence-electron chi connectivity index (χ0n) is 14.3. The molecule has 0 spiro atoms. The number of aryl methyl sites for hydroxylation is 1. The van der Waals surface area contributed by atoms with Gasteiger partial charge in [-0.15, -0.1) is 0 Å². The van der Waals surface area contributed by atoms with Crippen molar-refractivity contribution >= 4 is 0 Å². The molecule has 1 fully saturated rings. The first-order chi connectivity index (χ1) is 10.2. The fraction of sp³-hybridized carbons (Fsp3) is 0.684. The van der Waals surface area contributed by atoms with Gasteiger partial charge >= 0.3 is 0 Å². The van der Waals surface area contributed by atoms with Crippen LogP contribution in [0.5, 0.6) is 0 Å². The van der Waals surface area contributed by atoms with E-state index in [1.807, 2.05) is 0 Å². The maximum absolute atomic E-state index is 3.62. The molecule has 2 nitrogen and oxygen atoms in total. The van der Waals surface area contributed by atoms with Crippen molar-refractivity contribution in [3.63, 3.8) is 0 Å². The second-order valence-electron chi connectivity index (χ2n) is 6.58. The first-order valence-corrected chi connectivity index (χ1v) is 8.66. The first kappa shape index (κ1) is 16.5. The fourth-order valence-electron chi connectivity index (χ4n) is 3.84. The summed E-state index contributed by atoms with van der Waals surface area (Å²) in [4.78, 5) is 2.72. The lowest BCUT2D eigenvalue weighted by Gasteiger charge is -2.48. The van der Waals surface area contributed by atoms with Crippen LogP contribution >= 0.6 is 0 Å². The Labute approximate surface area is 130 Å². The fourth-order valence-corrected chi connectivity index (χ4v) is 3.84. The monoisotopic (exact) mass is 288 g/mol. The van der Waals surface area contributed by atoms with Crippen LogP contribution < -0.4 is 5.32 Å². The maximum Gasteiger partial charge on any atom is 0.0502 e. The van der Waals surface area contributed by atoms with Crippen molar-refractivity contribution in [2.45, 2.75) is 64.5 Å². The summed E-state index contributed by atoms with van der Waals surface area (Å²) < 4.78 is 0. The number of nitrogens with zero attached hydrogens (tertiary/aromatic N) is 1. The molecule has 1 aromatic carbocycles. The molecule has 0 radical (unpaired) electrons. The van der Waals surface area contributed by atoms with Crippen LogP contribution in [-0.2, 0) is 6.42 Å². The highest BCUT2D eigenvalue weighted by Crippen LogP contribution is 2.36. The van der Waals surface area contributed by atoms with Gasteiger partial charge in [0.25, 0.3) is 0 Å². The van der Waals surface area contributed by atoms with E-state index >= 15 is 0 Å². The highest BCUT2D eigenvalue weighted by molar-refractivity contribution is 5.28. The minimum Gasteiger partial charge on any atom is -0.311 e. The standard InChI is InChI=1S/C19H32N2/c1-5-16-11-10-12-17(15-16)18(20-4)19(3,6-2)21-13-8-7-9-14-21/h10-12,15,18,20H,5-9,13-14H2,1-4H3. The Balaban J connectivity index is 2.31. The van der Waals surface area contributed by atoms with Crippen LogP contribution in [0.4, 0.5) is 0 Å². The first-order valence-electron chi connectivity index (χ1n) is 8.66. The van der Waals surface area contributed by atoms with Crippen LogP contribution in [0, 0.1) is 0 Å². The van der Waals surface area contributed by atoms with Crippen molar-refractivity contribution in [2.24, 2.45) is 0 Å². The third kappa shape index (κ3) is 3.49. The second kappa shape index (κ2) is 7.42. The number of benzene rings is 1. The topological polar surface area (TPSA) is 15.3 Å². The summed E-state index contributed by atoms with van der Waals surface area (Å²) in [5.41, 5.74) is 3.07. The predicted molar refractivity (Wildman–Crippen MR) is 91.7 cm³/mol. The molecular weight excluding hydrogens is 256 g/mol. The molecule has 0 bridgehead atoms. The van der Waals surface area contributed by atoms with E-state index in [1.165, 1.54) is 49.9 Å². The van der Waals surface area contributed by atoms with Crippen LogP contribution in [0.1, 0.15) is 63.6 Å². The average Bonchev–Trinajstić information content (AvgIpc) is 2.56. The summed E-state index contributed by atoms with van der Waals surface area (Å²) in [5.74, 6) is 0. The Morgan fingerprint density at radius 2 is 1.90 bits per heavy atom. The minimum absolute atomic E-state index is 0.196. The number of likely N-dealkylation sites (tertiary alicyclic amines) is 1. The van der Waals surface area contributed by atoms with Crippen LogP contribution in [0.25, 0.3) is 0 Å². The summed E-state index contributed by atoms with van der Waals surface area (Å²) in [6.45, 7) is 9.50. The Bertz CT molecular complexity index is 437. The molecule has 1 N–H and O–H groups in total. The van der Waals surface area contributed by atoms with E-state index in [9.17, 15) is 0 Å². The van der Waals surface area contributed by atoms with Crippen molar-refractivity contribution in [3.05, 3.63) is 35.4 Å². The summed E-state index contributed by atoms with van der Waals surface area (Å²) in [5, 5.41) is 3.62. The van der Waals surface area contributed by atoms with Crippen LogP contribution in [0.3, 0.4) is 0 Å². The molecule has 1 saturated heterocycles. The highest BCUT2D eigenvalue weighted by Gasteiger charge is 2.38.